The normalized spacial score (nSPS) is 15.2. The molecule has 1 aromatic heterocycles. The molecule has 1 aliphatic rings. The van der Waals surface area contributed by atoms with Gasteiger partial charge in [-0.1, -0.05) is 0 Å². The van der Waals surface area contributed by atoms with Crippen LogP contribution < -0.4 is 4.90 Å². The molecule has 0 amide bonds. The van der Waals surface area contributed by atoms with Crippen molar-refractivity contribution < 1.29 is 14.6 Å². The van der Waals surface area contributed by atoms with E-state index in [0.29, 0.717) is 0 Å². The highest BCUT2D eigenvalue weighted by atomic mass is 79.9. The Morgan fingerprint density at radius 2 is 1.76 bits per heavy atom. The number of rotatable bonds is 3. The number of anilines is 1. The molecule has 0 atom stereocenters. The number of ether oxygens (including phenoxy) is 1. The smallest absolute Gasteiger partial charge is 0.352 e. The molecule has 1 aliphatic heterocycles. The summed E-state index contributed by atoms with van der Waals surface area (Å²) in [6, 6.07) is 9.49. The van der Waals surface area contributed by atoms with Crippen LogP contribution in [-0.2, 0) is 4.74 Å². The fourth-order valence-electron chi connectivity index (χ4n) is 2.45. The summed E-state index contributed by atoms with van der Waals surface area (Å²) in [4.78, 5) is 13.5. The first-order valence-electron chi connectivity index (χ1n) is 6.69. The SMILES string of the molecule is O=C(O)c1cc(Br)cn1-c1ccc(N2CCOCC2)cc1. The first kappa shape index (κ1) is 14.2. The fourth-order valence-corrected chi connectivity index (χ4v) is 2.88. The van der Waals surface area contributed by atoms with Gasteiger partial charge in [0, 0.05) is 35.1 Å². The van der Waals surface area contributed by atoms with Gasteiger partial charge in [0.15, 0.2) is 0 Å². The minimum Gasteiger partial charge on any atom is -0.477 e. The first-order valence-corrected chi connectivity index (χ1v) is 7.49. The van der Waals surface area contributed by atoms with E-state index in [9.17, 15) is 9.90 Å². The van der Waals surface area contributed by atoms with Gasteiger partial charge in [0.25, 0.3) is 0 Å². The average Bonchev–Trinajstić information content (AvgIpc) is 2.91. The number of carboxylic acid groups (broad SMARTS) is 1. The van der Waals surface area contributed by atoms with E-state index in [1.165, 1.54) is 0 Å². The molecular formula is C15H15BrN2O3. The molecule has 0 bridgehead atoms. The second-order valence-corrected chi connectivity index (χ2v) is 5.75. The minimum absolute atomic E-state index is 0.237. The number of hydrogen-bond donors (Lipinski definition) is 1. The summed E-state index contributed by atoms with van der Waals surface area (Å²) in [6.45, 7) is 3.26. The summed E-state index contributed by atoms with van der Waals surface area (Å²) >= 11 is 3.32. The van der Waals surface area contributed by atoms with Gasteiger partial charge in [-0.2, -0.15) is 0 Å². The zero-order chi connectivity index (χ0) is 14.8. The van der Waals surface area contributed by atoms with E-state index in [2.05, 4.69) is 20.8 Å². The number of carboxylic acids is 1. The highest BCUT2D eigenvalue weighted by Crippen LogP contribution is 2.23. The maximum absolute atomic E-state index is 11.3. The number of nitrogens with zero attached hydrogens (tertiary/aromatic N) is 2. The Balaban J connectivity index is 1.88. The number of hydrogen-bond acceptors (Lipinski definition) is 3. The summed E-state index contributed by atoms with van der Waals surface area (Å²) in [5.41, 5.74) is 2.20. The molecule has 6 heteroatoms. The van der Waals surface area contributed by atoms with Crippen molar-refractivity contribution in [1.29, 1.82) is 0 Å². The number of aromatic carboxylic acids is 1. The quantitative estimate of drug-likeness (QED) is 0.924. The maximum atomic E-state index is 11.3. The molecule has 1 saturated heterocycles. The van der Waals surface area contributed by atoms with Gasteiger partial charge >= 0.3 is 5.97 Å². The lowest BCUT2D eigenvalue weighted by Crippen LogP contribution is -2.36. The zero-order valence-corrected chi connectivity index (χ0v) is 12.9. The Bertz CT molecular complexity index is 645. The predicted octanol–water partition coefficient (Wildman–Crippen LogP) is 2.77. The molecule has 3 rings (SSSR count). The lowest BCUT2D eigenvalue weighted by molar-refractivity contribution is 0.0688. The topological polar surface area (TPSA) is 54.7 Å². The van der Waals surface area contributed by atoms with Crippen LogP contribution in [0, 0.1) is 0 Å². The second-order valence-electron chi connectivity index (χ2n) is 4.83. The summed E-state index contributed by atoms with van der Waals surface area (Å²) in [7, 11) is 0. The van der Waals surface area contributed by atoms with Gasteiger partial charge in [-0.25, -0.2) is 4.79 Å². The third kappa shape index (κ3) is 2.96. The Hall–Kier alpha value is -1.79. The third-order valence-corrected chi connectivity index (χ3v) is 3.94. The molecule has 21 heavy (non-hydrogen) atoms. The summed E-state index contributed by atoms with van der Waals surface area (Å²) in [6.07, 6.45) is 1.76. The van der Waals surface area contributed by atoms with E-state index in [0.717, 1.165) is 42.2 Å². The Kier molecular flexibility index (Phi) is 3.98. The van der Waals surface area contributed by atoms with E-state index in [-0.39, 0.29) is 5.69 Å². The Labute approximate surface area is 130 Å². The number of morpholine rings is 1. The first-order chi connectivity index (χ1) is 10.1. The summed E-state index contributed by atoms with van der Waals surface area (Å²) < 4.78 is 7.75. The van der Waals surface area contributed by atoms with Gasteiger partial charge in [0.2, 0.25) is 0 Å². The van der Waals surface area contributed by atoms with Gasteiger partial charge < -0.3 is 19.3 Å². The lowest BCUT2D eigenvalue weighted by Gasteiger charge is -2.29. The molecule has 1 aromatic carbocycles. The standard InChI is InChI=1S/C15H15BrN2O3/c16-11-9-14(15(19)20)18(10-11)13-3-1-12(2-4-13)17-5-7-21-8-6-17/h1-4,9-10H,5-8H2,(H,19,20). The highest BCUT2D eigenvalue weighted by Gasteiger charge is 2.14. The molecule has 0 aliphatic carbocycles. The van der Waals surface area contributed by atoms with Crippen LogP contribution in [0.2, 0.25) is 0 Å². The van der Waals surface area contributed by atoms with Gasteiger partial charge in [-0.15, -0.1) is 0 Å². The van der Waals surface area contributed by atoms with Gasteiger partial charge in [0.05, 0.1) is 13.2 Å². The number of halogens is 1. The van der Waals surface area contributed by atoms with Gasteiger partial charge in [-0.05, 0) is 46.3 Å². The van der Waals surface area contributed by atoms with Crippen LogP contribution in [0.1, 0.15) is 10.5 Å². The molecule has 0 spiro atoms. The summed E-state index contributed by atoms with van der Waals surface area (Å²) in [5.74, 6) is -0.946. The monoisotopic (exact) mass is 350 g/mol. The molecule has 110 valence electrons. The summed E-state index contributed by atoms with van der Waals surface area (Å²) in [5, 5.41) is 9.23. The molecule has 2 aromatic rings. The largest absolute Gasteiger partial charge is 0.477 e. The Morgan fingerprint density at radius 3 is 2.38 bits per heavy atom. The lowest BCUT2D eigenvalue weighted by atomic mass is 10.2. The van der Waals surface area contributed by atoms with Crippen LogP contribution in [-0.4, -0.2) is 41.9 Å². The second kappa shape index (κ2) is 5.91. The average molecular weight is 351 g/mol. The van der Waals surface area contributed by atoms with E-state index >= 15 is 0 Å². The van der Waals surface area contributed by atoms with Gasteiger partial charge in [0.1, 0.15) is 5.69 Å². The molecule has 1 fully saturated rings. The van der Waals surface area contributed by atoms with Crippen molar-refractivity contribution in [3.8, 4) is 5.69 Å². The van der Waals surface area contributed by atoms with E-state index in [1.54, 1.807) is 16.8 Å². The van der Waals surface area contributed by atoms with Crippen molar-refractivity contribution >= 4 is 27.6 Å². The molecule has 1 N–H and O–H groups in total. The third-order valence-electron chi connectivity index (χ3n) is 3.51. The number of aromatic nitrogens is 1. The minimum atomic E-state index is -0.946. The van der Waals surface area contributed by atoms with Crippen LogP contribution in [0.25, 0.3) is 5.69 Å². The molecule has 0 saturated carbocycles. The molecule has 5 nitrogen and oxygen atoms in total. The van der Waals surface area contributed by atoms with E-state index < -0.39 is 5.97 Å². The van der Waals surface area contributed by atoms with E-state index in [1.807, 2.05) is 24.3 Å². The van der Waals surface area contributed by atoms with Crippen LogP contribution >= 0.6 is 15.9 Å². The fraction of sp³-hybridized carbons (Fsp3) is 0.267. The van der Waals surface area contributed by atoms with Crippen molar-refractivity contribution in [3.63, 3.8) is 0 Å². The predicted molar refractivity (Wildman–Crippen MR) is 83.5 cm³/mol. The molecule has 2 heterocycles. The van der Waals surface area contributed by atoms with Crippen molar-refractivity contribution in [1.82, 2.24) is 4.57 Å². The van der Waals surface area contributed by atoms with Crippen LogP contribution in [0.4, 0.5) is 5.69 Å². The Morgan fingerprint density at radius 1 is 1.14 bits per heavy atom. The van der Waals surface area contributed by atoms with Crippen molar-refractivity contribution in [2.75, 3.05) is 31.2 Å². The van der Waals surface area contributed by atoms with E-state index in [4.69, 9.17) is 4.74 Å². The highest BCUT2D eigenvalue weighted by molar-refractivity contribution is 9.10. The van der Waals surface area contributed by atoms with Crippen LogP contribution in [0.3, 0.4) is 0 Å². The molecule has 0 unspecified atom stereocenters. The van der Waals surface area contributed by atoms with Crippen LogP contribution in [0.5, 0.6) is 0 Å². The number of benzene rings is 1. The van der Waals surface area contributed by atoms with Gasteiger partial charge in [-0.3, -0.25) is 0 Å². The van der Waals surface area contributed by atoms with Crippen molar-refractivity contribution in [2.24, 2.45) is 0 Å². The molecular weight excluding hydrogens is 336 g/mol. The van der Waals surface area contributed by atoms with Crippen molar-refractivity contribution in [2.45, 2.75) is 0 Å². The molecule has 0 radical (unpaired) electrons. The number of carbonyl (C=O) groups is 1. The van der Waals surface area contributed by atoms with Crippen molar-refractivity contribution in [3.05, 3.63) is 46.7 Å². The van der Waals surface area contributed by atoms with Crippen LogP contribution in [0.15, 0.2) is 41.0 Å². The maximum Gasteiger partial charge on any atom is 0.352 e. The zero-order valence-electron chi connectivity index (χ0n) is 11.3.